The van der Waals surface area contributed by atoms with Crippen LogP contribution in [0.1, 0.15) is 52.4 Å². The van der Waals surface area contributed by atoms with Gasteiger partial charge in [-0.15, -0.1) is 13.2 Å². The summed E-state index contributed by atoms with van der Waals surface area (Å²) in [7, 11) is 0. The van der Waals surface area contributed by atoms with Crippen LogP contribution in [-0.2, 0) is 0 Å². The minimum Gasteiger partial charge on any atom is -0.106 e. The van der Waals surface area contributed by atoms with E-state index in [2.05, 4.69) is 13.2 Å². The van der Waals surface area contributed by atoms with E-state index in [4.69, 9.17) is 0 Å². The molecule has 0 amide bonds. The largest absolute Gasteiger partial charge is 0.106 e. The minimum absolute atomic E-state index is 1.18. The molecule has 4 saturated carbocycles. The van der Waals surface area contributed by atoms with Gasteiger partial charge in [-0.25, -0.2) is 0 Å². The molecule has 0 aromatic heterocycles. The standard InChI is InChI=1S/C10H16.C2H6.C2H4/c1-7-2-9-4-8(1)5-10(3-7)6-9;2*1-2/h7-10H,1-6H2;1-2H3;1-2H2. The molecule has 0 heterocycles. The molecule has 4 rings (SSSR count). The van der Waals surface area contributed by atoms with E-state index in [1.54, 1.807) is 38.5 Å². The van der Waals surface area contributed by atoms with E-state index >= 15 is 0 Å². The highest BCUT2D eigenvalue weighted by Gasteiger charge is 2.41. The van der Waals surface area contributed by atoms with Crippen LogP contribution in [0.4, 0.5) is 0 Å². The van der Waals surface area contributed by atoms with Crippen LogP contribution in [0.15, 0.2) is 13.2 Å². The van der Waals surface area contributed by atoms with Crippen molar-refractivity contribution in [3.05, 3.63) is 13.2 Å². The van der Waals surface area contributed by atoms with E-state index in [0.29, 0.717) is 0 Å². The van der Waals surface area contributed by atoms with Gasteiger partial charge in [0.25, 0.3) is 0 Å². The molecule has 0 aromatic carbocycles. The summed E-state index contributed by atoms with van der Waals surface area (Å²) >= 11 is 0. The summed E-state index contributed by atoms with van der Waals surface area (Å²) in [6.45, 7) is 10.0. The van der Waals surface area contributed by atoms with Gasteiger partial charge in [0.05, 0.1) is 0 Å². The van der Waals surface area contributed by atoms with Crippen molar-refractivity contribution >= 4 is 0 Å². The highest BCUT2D eigenvalue weighted by molar-refractivity contribution is 4.92. The highest BCUT2D eigenvalue weighted by atomic mass is 14.5. The Morgan fingerprint density at radius 3 is 0.857 bits per heavy atom. The van der Waals surface area contributed by atoms with Crippen molar-refractivity contribution in [2.75, 3.05) is 0 Å². The number of rotatable bonds is 0. The maximum atomic E-state index is 3.00. The summed E-state index contributed by atoms with van der Waals surface area (Å²) in [5.74, 6) is 4.71. The lowest BCUT2D eigenvalue weighted by atomic mass is 9.56. The summed E-state index contributed by atoms with van der Waals surface area (Å²) in [6, 6.07) is 0. The quantitative estimate of drug-likeness (QED) is 0.492. The predicted molar refractivity (Wildman–Crippen MR) is 64.3 cm³/mol. The SMILES string of the molecule is C1C2CC3CC1CC(C2)C3.C=C.CC. The van der Waals surface area contributed by atoms with Crippen molar-refractivity contribution in [2.45, 2.75) is 52.4 Å². The zero-order valence-electron chi connectivity index (χ0n) is 9.97. The van der Waals surface area contributed by atoms with Gasteiger partial charge in [0.2, 0.25) is 0 Å². The lowest BCUT2D eigenvalue weighted by molar-refractivity contribution is 0.0198. The van der Waals surface area contributed by atoms with Crippen LogP contribution in [0.5, 0.6) is 0 Å². The first-order valence-corrected chi connectivity index (χ1v) is 6.40. The van der Waals surface area contributed by atoms with Crippen LogP contribution in [0.2, 0.25) is 0 Å². The minimum atomic E-state index is 1.18. The molecule has 4 aliphatic rings. The third-order valence-electron chi connectivity index (χ3n) is 4.00. The molecule has 0 spiro atoms. The maximum Gasteiger partial charge on any atom is -0.0406 e. The Labute approximate surface area is 89.8 Å². The van der Waals surface area contributed by atoms with Crippen molar-refractivity contribution in [2.24, 2.45) is 23.7 Å². The summed E-state index contributed by atoms with van der Waals surface area (Å²) in [4.78, 5) is 0. The van der Waals surface area contributed by atoms with Gasteiger partial charge in [0.1, 0.15) is 0 Å². The summed E-state index contributed by atoms with van der Waals surface area (Å²) < 4.78 is 0. The molecule has 14 heavy (non-hydrogen) atoms. The average molecular weight is 194 g/mol. The van der Waals surface area contributed by atoms with Crippen LogP contribution in [0.3, 0.4) is 0 Å². The lowest BCUT2D eigenvalue weighted by Crippen LogP contribution is -2.38. The van der Waals surface area contributed by atoms with Crippen LogP contribution in [0, 0.1) is 23.7 Å². The van der Waals surface area contributed by atoms with E-state index in [9.17, 15) is 0 Å². The maximum absolute atomic E-state index is 3.00. The van der Waals surface area contributed by atoms with Gasteiger partial charge in [-0.2, -0.15) is 0 Å². The molecule has 0 aromatic rings. The molecular weight excluding hydrogens is 168 g/mol. The molecule has 0 unspecified atom stereocenters. The first-order valence-electron chi connectivity index (χ1n) is 6.40. The predicted octanol–water partition coefficient (Wildman–Crippen LogP) is 4.66. The van der Waals surface area contributed by atoms with Crippen LogP contribution >= 0.6 is 0 Å². The molecule has 0 nitrogen and oxygen atoms in total. The summed E-state index contributed by atoms with van der Waals surface area (Å²) in [5.41, 5.74) is 0. The van der Waals surface area contributed by atoms with Gasteiger partial charge in [0.15, 0.2) is 0 Å². The van der Waals surface area contributed by atoms with E-state index in [1.807, 2.05) is 13.8 Å². The second-order valence-electron chi connectivity index (χ2n) is 4.88. The lowest BCUT2D eigenvalue weighted by Gasteiger charge is -2.49. The number of hydrogen-bond donors (Lipinski definition) is 0. The van der Waals surface area contributed by atoms with Gasteiger partial charge >= 0.3 is 0 Å². The normalized spacial score (nSPS) is 41.9. The number of hydrogen-bond acceptors (Lipinski definition) is 0. The van der Waals surface area contributed by atoms with Gasteiger partial charge in [-0.3, -0.25) is 0 Å². The smallest absolute Gasteiger partial charge is 0.0406 e. The molecular formula is C14H26. The van der Waals surface area contributed by atoms with Crippen LogP contribution in [-0.4, -0.2) is 0 Å². The van der Waals surface area contributed by atoms with E-state index in [0.717, 1.165) is 0 Å². The highest BCUT2D eigenvalue weighted by Crippen LogP contribution is 2.53. The second-order valence-corrected chi connectivity index (χ2v) is 4.88. The first kappa shape index (κ1) is 11.8. The van der Waals surface area contributed by atoms with E-state index in [1.165, 1.54) is 23.7 Å². The molecule has 0 atom stereocenters. The fourth-order valence-corrected chi connectivity index (χ4v) is 3.98. The third kappa shape index (κ3) is 2.40. The third-order valence-corrected chi connectivity index (χ3v) is 4.00. The molecule has 0 radical (unpaired) electrons. The van der Waals surface area contributed by atoms with Crippen molar-refractivity contribution in [3.8, 4) is 0 Å². The average Bonchev–Trinajstić information content (AvgIpc) is 2.22. The zero-order valence-corrected chi connectivity index (χ0v) is 9.97. The summed E-state index contributed by atoms with van der Waals surface area (Å²) in [6.07, 6.45) is 9.62. The summed E-state index contributed by atoms with van der Waals surface area (Å²) in [5, 5.41) is 0. The molecule has 0 aliphatic heterocycles. The van der Waals surface area contributed by atoms with Crippen LogP contribution in [0.25, 0.3) is 0 Å². The van der Waals surface area contributed by atoms with Crippen molar-refractivity contribution < 1.29 is 0 Å². The molecule has 0 saturated heterocycles. The fourth-order valence-electron chi connectivity index (χ4n) is 3.98. The Balaban J connectivity index is 0.000000222. The van der Waals surface area contributed by atoms with Crippen molar-refractivity contribution in [1.82, 2.24) is 0 Å². The Bertz CT molecular complexity index is 103. The molecule has 4 fully saturated rings. The van der Waals surface area contributed by atoms with Crippen molar-refractivity contribution in [1.29, 1.82) is 0 Å². The van der Waals surface area contributed by atoms with Crippen molar-refractivity contribution in [3.63, 3.8) is 0 Å². The van der Waals surface area contributed by atoms with Gasteiger partial charge in [-0.05, 0) is 62.2 Å². The Hall–Kier alpha value is -0.260. The van der Waals surface area contributed by atoms with E-state index < -0.39 is 0 Å². The van der Waals surface area contributed by atoms with E-state index in [-0.39, 0.29) is 0 Å². The fraction of sp³-hybridized carbons (Fsp3) is 0.857. The van der Waals surface area contributed by atoms with Gasteiger partial charge < -0.3 is 0 Å². The van der Waals surface area contributed by atoms with Gasteiger partial charge in [-0.1, -0.05) is 13.8 Å². The molecule has 82 valence electrons. The molecule has 4 aliphatic carbocycles. The molecule has 0 N–H and O–H groups in total. The van der Waals surface area contributed by atoms with Gasteiger partial charge in [0, 0.05) is 0 Å². The Morgan fingerprint density at radius 1 is 0.571 bits per heavy atom. The monoisotopic (exact) mass is 194 g/mol. The first-order chi connectivity index (χ1) is 6.90. The zero-order chi connectivity index (χ0) is 10.6. The topological polar surface area (TPSA) is 0 Å². The Kier molecular flexibility index (Phi) is 4.71. The second kappa shape index (κ2) is 5.58. The molecule has 0 heteroatoms. The molecule has 4 bridgehead atoms. The Morgan fingerprint density at radius 2 is 0.714 bits per heavy atom. The van der Waals surface area contributed by atoms with Crippen LogP contribution < -0.4 is 0 Å².